The van der Waals surface area contributed by atoms with Crippen LogP contribution in [0.15, 0.2) is 18.3 Å². The van der Waals surface area contributed by atoms with Crippen LogP contribution in [0.5, 0.6) is 0 Å². The summed E-state index contributed by atoms with van der Waals surface area (Å²) in [5.41, 5.74) is 1.84. The topological polar surface area (TPSA) is 36.4 Å². The summed E-state index contributed by atoms with van der Waals surface area (Å²) in [6.45, 7) is 5.00. The maximum absolute atomic E-state index is 9.35. The second-order valence-electron chi connectivity index (χ2n) is 4.25. The molecule has 1 aromatic rings. The molecule has 3 nitrogen and oxygen atoms in total. The molecule has 1 N–H and O–H groups in total. The van der Waals surface area contributed by atoms with Gasteiger partial charge < -0.3 is 10.0 Å². The minimum Gasteiger partial charge on any atom is -0.387 e. The van der Waals surface area contributed by atoms with E-state index in [0.717, 1.165) is 17.9 Å². The fraction of sp³-hybridized carbons (Fsp3) is 0.615. The Labute approximate surface area is 98.1 Å². The lowest BCUT2D eigenvalue weighted by atomic mass is 10.2. The SMILES string of the molecule is CCCCCN(C)c1ccc([C@H](C)O)nc1. The van der Waals surface area contributed by atoms with E-state index in [1.807, 2.05) is 18.3 Å². The van der Waals surface area contributed by atoms with Gasteiger partial charge >= 0.3 is 0 Å². The lowest BCUT2D eigenvalue weighted by Crippen LogP contribution is -2.18. The second-order valence-corrected chi connectivity index (χ2v) is 4.25. The number of unbranched alkanes of at least 4 members (excludes halogenated alkanes) is 2. The molecule has 1 heterocycles. The quantitative estimate of drug-likeness (QED) is 0.752. The Hall–Kier alpha value is -1.09. The van der Waals surface area contributed by atoms with Gasteiger partial charge in [0.1, 0.15) is 0 Å². The molecule has 0 aliphatic rings. The van der Waals surface area contributed by atoms with Crippen LogP contribution in [0.2, 0.25) is 0 Å². The number of nitrogens with zero attached hydrogens (tertiary/aromatic N) is 2. The lowest BCUT2D eigenvalue weighted by molar-refractivity contribution is 0.194. The molecule has 0 aliphatic carbocycles. The van der Waals surface area contributed by atoms with E-state index in [1.165, 1.54) is 19.3 Å². The zero-order valence-corrected chi connectivity index (χ0v) is 10.5. The van der Waals surface area contributed by atoms with Gasteiger partial charge in [-0.05, 0) is 25.5 Å². The number of hydrogen-bond acceptors (Lipinski definition) is 3. The van der Waals surface area contributed by atoms with Crippen molar-refractivity contribution in [3.05, 3.63) is 24.0 Å². The van der Waals surface area contributed by atoms with E-state index in [9.17, 15) is 5.11 Å². The van der Waals surface area contributed by atoms with Crippen molar-refractivity contribution in [2.45, 2.75) is 39.2 Å². The van der Waals surface area contributed by atoms with Crippen LogP contribution in [0.4, 0.5) is 5.69 Å². The summed E-state index contributed by atoms with van der Waals surface area (Å²) < 4.78 is 0. The molecule has 90 valence electrons. The Morgan fingerprint density at radius 2 is 2.12 bits per heavy atom. The second kappa shape index (κ2) is 6.48. The molecule has 3 heteroatoms. The third kappa shape index (κ3) is 3.81. The number of hydrogen-bond donors (Lipinski definition) is 1. The molecule has 0 aromatic carbocycles. The van der Waals surface area contributed by atoms with E-state index >= 15 is 0 Å². The molecule has 0 saturated carbocycles. The molecular formula is C13H22N2O. The number of pyridine rings is 1. The number of aromatic nitrogens is 1. The molecular weight excluding hydrogens is 200 g/mol. The van der Waals surface area contributed by atoms with E-state index in [2.05, 4.69) is 23.9 Å². The van der Waals surface area contributed by atoms with Crippen molar-refractivity contribution in [3.63, 3.8) is 0 Å². The highest BCUT2D eigenvalue weighted by atomic mass is 16.3. The van der Waals surface area contributed by atoms with Crippen LogP contribution in [0, 0.1) is 0 Å². The van der Waals surface area contributed by atoms with Gasteiger partial charge in [-0.15, -0.1) is 0 Å². The van der Waals surface area contributed by atoms with Crippen molar-refractivity contribution in [1.82, 2.24) is 4.98 Å². The smallest absolute Gasteiger partial charge is 0.0931 e. The zero-order valence-electron chi connectivity index (χ0n) is 10.5. The Bertz CT molecular complexity index is 295. The number of aliphatic hydroxyl groups excluding tert-OH is 1. The lowest BCUT2D eigenvalue weighted by Gasteiger charge is -2.19. The van der Waals surface area contributed by atoms with Crippen LogP contribution in [0.25, 0.3) is 0 Å². The first kappa shape index (κ1) is 13.0. The third-order valence-electron chi connectivity index (χ3n) is 2.74. The van der Waals surface area contributed by atoms with Crippen LogP contribution < -0.4 is 4.90 Å². The average molecular weight is 222 g/mol. The molecule has 0 unspecified atom stereocenters. The van der Waals surface area contributed by atoms with E-state index in [1.54, 1.807) is 6.92 Å². The van der Waals surface area contributed by atoms with Crippen LogP contribution in [0.3, 0.4) is 0 Å². The summed E-state index contributed by atoms with van der Waals surface area (Å²) in [5, 5.41) is 9.35. The van der Waals surface area contributed by atoms with Crippen LogP contribution in [0.1, 0.15) is 44.9 Å². The van der Waals surface area contributed by atoms with Crippen molar-refractivity contribution in [2.75, 3.05) is 18.5 Å². The zero-order chi connectivity index (χ0) is 12.0. The molecule has 0 spiro atoms. The third-order valence-corrected chi connectivity index (χ3v) is 2.74. The molecule has 0 aliphatic heterocycles. The standard InChI is InChI=1S/C13H22N2O/c1-4-5-6-9-15(3)12-7-8-13(11(2)16)14-10-12/h7-8,10-11,16H,4-6,9H2,1-3H3/t11-/m0/s1. The molecule has 16 heavy (non-hydrogen) atoms. The molecule has 0 radical (unpaired) electrons. The van der Waals surface area contributed by atoms with Crippen LogP contribution in [-0.4, -0.2) is 23.7 Å². The van der Waals surface area contributed by atoms with Crippen molar-refractivity contribution in [2.24, 2.45) is 0 Å². The summed E-state index contributed by atoms with van der Waals surface area (Å²) in [5.74, 6) is 0. The highest BCUT2D eigenvalue weighted by molar-refractivity contribution is 5.43. The van der Waals surface area contributed by atoms with Gasteiger partial charge in [-0.3, -0.25) is 4.98 Å². The highest BCUT2D eigenvalue weighted by Gasteiger charge is 2.04. The summed E-state index contributed by atoms with van der Waals surface area (Å²) in [6.07, 6.45) is 5.06. The first-order chi connectivity index (χ1) is 7.65. The highest BCUT2D eigenvalue weighted by Crippen LogP contribution is 2.15. The Kier molecular flexibility index (Phi) is 5.26. The average Bonchev–Trinajstić information content (AvgIpc) is 2.29. The fourth-order valence-electron chi connectivity index (χ4n) is 1.60. The minimum atomic E-state index is -0.487. The van der Waals surface area contributed by atoms with E-state index in [0.29, 0.717) is 0 Å². The van der Waals surface area contributed by atoms with Gasteiger partial charge in [0.2, 0.25) is 0 Å². The van der Waals surface area contributed by atoms with Gasteiger partial charge in [0, 0.05) is 13.6 Å². The maximum atomic E-state index is 9.35. The van der Waals surface area contributed by atoms with Gasteiger partial charge in [-0.1, -0.05) is 19.8 Å². The molecule has 1 rings (SSSR count). The number of aliphatic hydroxyl groups is 1. The fourth-order valence-corrected chi connectivity index (χ4v) is 1.60. The van der Waals surface area contributed by atoms with Gasteiger partial charge in [0.25, 0.3) is 0 Å². The van der Waals surface area contributed by atoms with Crippen LogP contribution >= 0.6 is 0 Å². The van der Waals surface area contributed by atoms with Crippen LogP contribution in [-0.2, 0) is 0 Å². The Morgan fingerprint density at radius 1 is 1.38 bits per heavy atom. The van der Waals surface area contributed by atoms with Gasteiger partial charge in [-0.2, -0.15) is 0 Å². The van der Waals surface area contributed by atoms with E-state index in [4.69, 9.17) is 0 Å². The predicted octanol–water partition coefficient (Wildman–Crippen LogP) is 2.76. The Morgan fingerprint density at radius 3 is 2.62 bits per heavy atom. The molecule has 0 amide bonds. The first-order valence-electron chi connectivity index (χ1n) is 6.00. The maximum Gasteiger partial charge on any atom is 0.0931 e. The van der Waals surface area contributed by atoms with Crippen molar-refractivity contribution in [3.8, 4) is 0 Å². The summed E-state index contributed by atoms with van der Waals surface area (Å²) in [4.78, 5) is 6.44. The first-order valence-corrected chi connectivity index (χ1v) is 6.00. The Balaban J connectivity index is 2.52. The van der Waals surface area contributed by atoms with Crippen molar-refractivity contribution in [1.29, 1.82) is 0 Å². The van der Waals surface area contributed by atoms with Gasteiger partial charge in [0.05, 0.1) is 23.7 Å². The molecule has 1 aromatic heterocycles. The molecule has 0 fully saturated rings. The van der Waals surface area contributed by atoms with E-state index < -0.39 is 6.10 Å². The van der Waals surface area contributed by atoms with Crippen molar-refractivity contribution < 1.29 is 5.11 Å². The molecule has 0 bridgehead atoms. The normalized spacial score (nSPS) is 12.5. The summed E-state index contributed by atoms with van der Waals surface area (Å²) >= 11 is 0. The number of rotatable bonds is 6. The summed E-state index contributed by atoms with van der Waals surface area (Å²) in [6, 6.07) is 3.90. The minimum absolute atomic E-state index is 0.487. The van der Waals surface area contributed by atoms with Gasteiger partial charge in [-0.25, -0.2) is 0 Å². The van der Waals surface area contributed by atoms with Crippen molar-refractivity contribution >= 4 is 5.69 Å². The molecule has 0 saturated heterocycles. The molecule has 1 atom stereocenters. The van der Waals surface area contributed by atoms with E-state index in [-0.39, 0.29) is 0 Å². The van der Waals surface area contributed by atoms with Gasteiger partial charge in [0.15, 0.2) is 0 Å². The monoisotopic (exact) mass is 222 g/mol. The number of anilines is 1. The predicted molar refractivity (Wildman–Crippen MR) is 67.7 cm³/mol. The largest absolute Gasteiger partial charge is 0.387 e. The summed E-state index contributed by atoms with van der Waals surface area (Å²) in [7, 11) is 2.08.